The van der Waals surface area contributed by atoms with Crippen LogP contribution in [-0.2, 0) is 6.42 Å². The summed E-state index contributed by atoms with van der Waals surface area (Å²) in [7, 11) is 0. The minimum absolute atomic E-state index is 0.0916. The van der Waals surface area contributed by atoms with E-state index in [0.717, 1.165) is 17.6 Å². The smallest absolute Gasteiger partial charge is 0.335 e. The third-order valence-electron chi connectivity index (χ3n) is 4.93. The fraction of sp³-hybridized carbons (Fsp3) is 0.182. The Labute approximate surface area is 150 Å². The molecule has 0 bridgehead atoms. The van der Waals surface area contributed by atoms with Gasteiger partial charge >= 0.3 is 5.97 Å². The maximum Gasteiger partial charge on any atom is 0.335 e. The van der Waals surface area contributed by atoms with Gasteiger partial charge in [0.05, 0.1) is 10.9 Å². The van der Waals surface area contributed by atoms with Crippen molar-refractivity contribution < 1.29 is 14.3 Å². The lowest BCUT2D eigenvalue weighted by molar-refractivity contribution is 0.0697. The molecule has 1 heterocycles. The summed E-state index contributed by atoms with van der Waals surface area (Å²) in [5.74, 6) is -0.422. The number of fused-ring (bicyclic) bond motifs is 2. The topological polar surface area (TPSA) is 67.5 Å². The molecule has 3 aromatic rings. The van der Waals surface area contributed by atoms with Crippen molar-refractivity contribution in [2.24, 2.45) is 0 Å². The van der Waals surface area contributed by atoms with E-state index in [0.29, 0.717) is 28.7 Å². The molecule has 1 N–H and O–H groups in total. The van der Waals surface area contributed by atoms with Gasteiger partial charge in [0.25, 0.3) is 0 Å². The van der Waals surface area contributed by atoms with Crippen LogP contribution in [0.2, 0.25) is 0 Å². The van der Waals surface area contributed by atoms with E-state index in [4.69, 9.17) is 9.52 Å². The Kier molecular flexibility index (Phi) is 3.76. The quantitative estimate of drug-likeness (QED) is 0.737. The molecular weight excluding hydrogens is 328 g/mol. The number of aryl methyl sites for hydroxylation is 2. The number of benzene rings is 2. The molecule has 0 saturated heterocycles. The van der Waals surface area contributed by atoms with Gasteiger partial charge in [-0.05, 0) is 67.7 Å². The molecule has 130 valence electrons. The van der Waals surface area contributed by atoms with Crippen LogP contribution in [0.5, 0.6) is 0 Å². The molecule has 4 rings (SSSR count). The van der Waals surface area contributed by atoms with Crippen molar-refractivity contribution in [1.82, 2.24) is 0 Å². The highest BCUT2D eigenvalue weighted by molar-refractivity contribution is 5.94. The molecule has 0 unspecified atom stereocenters. The van der Waals surface area contributed by atoms with Gasteiger partial charge in [-0.2, -0.15) is 0 Å². The van der Waals surface area contributed by atoms with E-state index in [1.807, 2.05) is 0 Å². The molecule has 4 nitrogen and oxygen atoms in total. The van der Waals surface area contributed by atoms with Crippen molar-refractivity contribution in [3.8, 4) is 0 Å². The Hall–Kier alpha value is -3.14. The molecule has 0 atom stereocenters. The molecule has 4 heteroatoms. The van der Waals surface area contributed by atoms with Gasteiger partial charge in [0.1, 0.15) is 11.3 Å². The second-order valence-corrected chi connectivity index (χ2v) is 6.78. The lowest BCUT2D eigenvalue weighted by Crippen LogP contribution is -2.09. The monoisotopic (exact) mass is 346 g/mol. The van der Waals surface area contributed by atoms with E-state index in [1.54, 1.807) is 6.07 Å². The number of hydrogen-bond donors (Lipinski definition) is 1. The van der Waals surface area contributed by atoms with E-state index < -0.39 is 5.97 Å². The van der Waals surface area contributed by atoms with Crippen LogP contribution in [0.25, 0.3) is 22.6 Å². The number of carbonyl (C=O) groups is 1. The normalized spacial score (nSPS) is 14.8. The molecule has 0 amide bonds. The van der Waals surface area contributed by atoms with Crippen molar-refractivity contribution in [2.75, 3.05) is 0 Å². The Morgan fingerprint density at radius 3 is 2.69 bits per heavy atom. The van der Waals surface area contributed by atoms with Crippen LogP contribution < -0.4 is 5.43 Å². The highest BCUT2D eigenvalue weighted by Crippen LogP contribution is 2.34. The summed E-state index contributed by atoms with van der Waals surface area (Å²) in [4.78, 5) is 24.0. The Morgan fingerprint density at radius 2 is 1.92 bits per heavy atom. The second kappa shape index (κ2) is 5.99. The summed E-state index contributed by atoms with van der Waals surface area (Å²) in [6, 6.07) is 10.7. The third kappa shape index (κ3) is 2.64. The van der Waals surface area contributed by atoms with Gasteiger partial charge in [0.2, 0.25) is 0 Å². The van der Waals surface area contributed by atoms with Crippen LogP contribution in [0.1, 0.15) is 44.8 Å². The van der Waals surface area contributed by atoms with Gasteiger partial charge in [-0.3, -0.25) is 4.79 Å². The number of aromatic carboxylic acids is 1. The molecule has 1 aliphatic rings. The van der Waals surface area contributed by atoms with E-state index in [2.05, 4.69) is 38.1 Å². The molecular formula is C22H18O4. The molecule has 0 fully saturated rings. The van der Waals surface area contributed by atoms with Crippen molar-refractivity contribution >= 4 is 28.6 Å². The number of allylic oxidation sites excluding steroid dienone is 1. The van der Waals surface area contributed by atoms with E-state index in [1.165, 1.54) is 23.3 Å². The fourth-order valence-corrected chi connectivity index (χ4v) is 3.47. The molecule has 26 heavy (non-hydrogen) atoms. The average Bonchev–Trinajstić information content (AvgIpc) is 3.01. The van der Waals surface area contributed by atoms with Gasteiger partial charge < -0.3 is 9.52 Å². The van der Waals surface area contributed by atoms with Crippen LogP contribution in [-0.4, -0.2) is 11.1 Å². The highest BCUT2D eigenvalue weighted by Gasteiger charge is 2.24. The van der Waals surface area contributed by atoms with Crippen LogP contribution in [0, 0.1) is 13.8 Å². The van der Waals surface area contributed by atoms with Gasteiger partial charge in [-0.1, -0.05) is 23.8 Å². The first kappa shape index (κ1) is 16.3. The van der Waals surface area contributed by atoms with Crippen LogP contribution in [0.3, 0.4) is 0 Å². The minimum Gasteiger partial charge on any atom is -0.478 e. The lowest BCUT2D eigenvalue weighted by Gasteiger charge is -2.06. The summed E-state index contributed by atoms with van der Waals surface area (Å²) in [6.07, 6.45) is 3.44. The molecule has 2 aromatic carbocycles. The maximum atomic E-state index is 12.8. The maximum absolute atomic E-state index is 12.8. The lowest BCUT2D eigenvalue weighted by atomic mass is 10.0. The largest absolute Gasteiger partial charge is 0.478 e. The first-order valence-corrected chi connectivity index (χ1v) is 8.55. The van der Waals surface area contributed by atoms with Gasteiger partial charge in [-0.25, -0.2) is 4.79 Å². The van der Waals surface area contributed by atoms with Crippen LogP contribution in [0.15, 0.2) is 45.6 Å². The van der Waals surface area contributed by atoms with Crippen molar-refractivity contribution in [3.63, 3.8) is 0 Å². The second-order valence-electron chi connectivity index (χ2n) is 6.78. The van der Waals surface area contributed by atoms with E-state index in [9.17, 15) is 9.59 Å². The summed E-state index contributed by atoms with van der Waals surface area (Å²) in [5, 5.41) is 9.47. The molecule has 0 saturated carbocycles. The molecule has 1 aliphatic carbocycles. The number of rotatable bonds is 2. The molecule has 1 aromatic heterocycles. The highest BCUT2D eigenvalue weighted by atomic mass is 16.4. The predicted octanol–water partition coefficient (Wildman–Crippen LogP) is 4.59. The first-order valence-electron chi connectivity index (χ1n) is 8.55. The Morgan fingerprint density at radius 1 is 1.12 bits per heavy atom. The van der Waals surface area contributed by atoms with Crippen molar-refractivity contribution in [3.05, 3.63) is 80.2 Å². The zero-order valence-electron chi connectivity index (χ0n) is 14.6. The third-order valence-corrected chi connectivity index (χ3v) is 4.93. The molecule has 0 radical (unpaired) electrons. The summed E-state index contributed by atoms with van der Waals surface area (Å²) in [6.45, 7) is 4.11. The van der Waals surface area contributed by atoms with Gasteiger partial charge in [0.15, 0.2) is 5.43 Å². The summed E-state index contributed by atoms with van der Waals surface area (Å²) < 4.78 is 6.01. The summed E-state index contributed by atoms with van der Waals surface area (Å²) >= 11 is 0. The first-order chi connectivity index (χ1) is 12.4. The minimum atomic E-state index is -1.05. The van der Waals surface area contributed by atoms with Crippen LogP contribution in [0.4, 0.5) is 0 Å². The number of carboxylic acid groups (broad SMARTS) is 1. The Bertz CT molecular complexity index is 1150. The van der Waals surface area contributed by atoms with Crippen molar-refractivity contribution in [1.29, 1.82) is 0 Å². The van der Waals surface area contributed by atoms with Gasteiger partial charge in [0, 0.05) is 5.56 Å². The summed E-state index contributed by atoms with van der Waals surface area (Å²) in [5.41, 5.74) is 5.51. The average molecular weight is 346 g/mol. The predicted molar refractivity (Wildman–Crippen MR) is 102 cm³/mol. The zero-order chi connectivity index (χ0) is 18.4. The zero-order valence-corrected chi connectivity index (χ0v) is 14.6. The van der Waals surface area contributed by atoms with Gasteiger partial charge in [-0.15, -0.1) is 0 Å². The van der Waals surface area contributed by atoms with E-state index >= 15 is 0 Å². The van der Waals surface area contributed by atoms with Crippen molar-refractivity contribution in [2.45, 2.75) is 26.7 Å². The molecule has 0 aliphatic heterocycles. The standard InChI is InChI=1S/C22H18O4/c1-12-3-4-13(2)16(9-12)10-14-5-7-17-20(23)18-11-15(22(24)25)6-8-19(18)26-21(14)17/h3-4,6,8-11H,5,7H2,1-2H3,(H,24,25)/b14-10+. The Balaban J connectivity index is 1.90. The SMILES string of the molecule is Cc1ccc(C)c(/C=C2\CCc3c2oc2ccc(C(=O)O)cc2c3=O)c1. The number of hydrogen-bond acceptors (Lipinski definition) is 3. The number of carboxylic acids is 1. The fourth-order valence-electron chi connectivity index (χ4n) is 3.47. The van der Waals surface area contributed by atoms with E-state index in [-0.39, 0.29) is 11.0 Å². The van der Waals surface area contributed by atoms with Crippen LogP contribution >= 0.6 is 0 Å². The molecule has 0 spiro atoms.